The molecule has 4 amide bonds. The molecule has 0 aliphatic carbocycles. The molecule has 1 saturated heterocycles. The van der Waals surface area contributed by atoms with Gasteiger partial charge in [-0.2, -0.15) is 0 Å². The Morgan fingerprint density at radius 2 is 1.35 bits per heavy atom. The van der Waals surface area contributed by atoms with Crippen LogP contribution in [0, 0.1) is 6.92 Å². The maximum Gasteiger partial charge on any atom is 0.337 e. The van der Waals surface area contributed by atoms with Gasteiger partial charge in [-0.3, -0.25) is 14.5 Å². The molecule has 5 nitrogen and oxygen atoms in total. The average Bonchev–Trinajstić information content (AvgIpc) is 2.79. The number of barbiturate groups is 1. The maximum absolute atomic E-state index is 13.9. The number of imide groups is 2. The highest BCUT2D eigenvalue weighted by atomic mass is 32.2. The molecule has 1 aliphatic rings. The van der Waals surface area contributed by atoms with E-state index in [4.69, 9.17) is 0 Å². The minimum absolute atomic E-state index is 0.172. The van der Waals surface area contributed by atoms with Gasteiger partial charge in [-0.25, -0.2) is 9.69 Å². The summed E-state index contributed by atoms with van der Waals surface area (Å²) in [7, 11) is 1.43. The first-order valence-electron chi connectivity index (χ1n) is 9.94. The lowest BCUT2D eigenvalue weighted by atomic mass is 9.93. The van der Waals surface area contributed by atoms with Crippen LogP contribution in [0.3, 0.4) is 0 Å². The number of carbonyl (C=O) groups excluding carboxylic acids is 3. The fraction of sp³-hybridized carbons (Fsp3) is 0.160. The van der Waals surface area contributed by atoms with Crippen LogP contribution in [0.5, 0.6) is 0 Å². The number of anilines is 1. The molecule has 0 aromatic heterocycles. The number of urea groups is 1. The first kappa shape index (κ1) is 20.9. The van der Waals surface area contributed by atoms with Crippen molar-refractivity contribution in [1.29, 1.82) is 0 Å². The van der Waals surface area contributed by atoms with Crippen molar-refractivity contribution in [3.8, 4) is 0 Å². The van der Waals surface area contributed by atoms with Gasteiger partial charge in [0.25, 0.3) is 11.8 Å². The number of benzene rings is 3. The van der Waals surface area contributed by atoms with Gasteiger partial charge in [0.05, 0.1) is 5.69 Å². The Bertz CT molecular complexity index is 1120. The fourth-order valence-electron chi connectivity index (χ4n) is 3.64. The van der Waals surface area contributed by atoms with Crippen molar-refractivity contribution >= 4 is 35.3 Å². The zero-order chi connectivity index (χ0) is 22.0. The summed E-state index contributed by atoms with van der Waals surface area (Å²) >= 11 is 1.20. The van der Waals surface area contributed by atoms with Crippen molar-refractivity contribution in [2.45, 2.75) is 23.0 Å². The summed E-state index contributed by atoms with van der Waals surface area (Å²) in [5.74, 6) is -1.04. The number of para-hydroxylation sites is 1. The summed E-state index contributed by atoms with van der Waals surface area (Å²) in [6.45, 7) is 1.98. The zero-order valence-corrected chi connectivity index (χ0v) is 18.1. The van der Waals surface area contributed by atoms with Crippen LogP contribution in [0.1, 0.15) is 11.1 Å². The third kappa shape index (κ3) is 3.86. The number of carbonyl (C=O) groups is 3. The van der Waals surface area contributed by atoms with E-state index in [-0.39, 0.29) is 6.42 Å². The number of hydrogen-bond acceptors (Lipinski definition) is 4. The molecule has 1 aliphatic heterocycles. The van der Waals surface area contributed by atoms with E-state index in [9.17, 15) is 14.4 Å². The number of amides is 4. The van der Waals surface area contributed by atoms with E-state index in [1.54, 1.807) is 24.3 Å². The van der Waals surface area contributed by atoms with E-state index >= 15 is 0 Å². The standard InChI is InChI=1S/C25H22N2O3S/c1-18-13-15-21(16-14-18)31-25(17-19-9-5-3-6-10-19)22(28)26(2)24(30)27(23(25)29)20-11-7-4-8-12-20/h3-16H,17H2,1-2H3. The highest BCUT2D eigenvalue weighted by Gasteiger charge is 2.57. The van der Waals surface area contributed by atoms with Crippen LogP contribution in [0.4, 0.5) is 10.5 Å². The second-order valence-electron chi connectivity index (χ2n) is 7.53. The minimum Gasteiger partial charge on any atom is -0.272 e. The van der Waals surface area contributed by atoms with Crippen molar-refractivity contribution in [3.63, 3.8) is 0 Å². The molecular formula is C25H22N2O3S. The molecule has 31 heavy (non-hydrogen) atoms. The Kier molecular flexibility index (Phi) is 5.65. The van der Waals surface area contributed by atoms with E-state index in [1.165, 1.54) is 18.8 Å². The van der Waals surface area contributed by atoms with Gasteiger partial charge in [-0.15, -0.1) is 0 Å². The molecule has 3 aromatic rings. The molecule has 0 radical (unpaired) electrons. The molecule has 6 heteroatoms. The van der Waals surface area contributed by atoms with E-state index in [0.29, 0.717) is 5.69 Å². The van der Waals surface area contributed by atoms with Gasteiger partial charge >= 0.3 is 6.03 Å². The average molecular weight is 431 g/mol. The van der Waals surface area contributed by atoms with Crippen LogP contribution >= 0.6 is 11.8 Å². The molecule has 156 valence electrons. The topological polar surface area (TPSA) is 57.7 Å². The lowest BCUT2D eigenvalue weighted by Crippen LogP contribution is -2.67. The monoisotopic (exact) mass is 430 g/mol. The lowest BCUT2D eigenvalue weighted by molar-refractivity contribution is -0.137. The SMILES string of the molecule is Cc1ccc(SC2(Cc3ccccc3)C(=O)N(C)C(=O)N(c3ccccc3)C2=O)cc1. The van der Waals surface area contributed by atoms with Gasteiger partial charge in [0.15, 0.2) is 4.75 Å². The second kappa shape index (κ2) is 8.40. The van der Waals surface area contributed by atoms with Crippen molar-refractivity contribution in [2.24, 2.45) is 0 Å². The third-order valence-corrected chi connectivity index (χ3v) is 6.65. The fourth-order valence-corrected chi connectivity index (χ4v) is 4.95. The van der Waals surface area contributed by atoms with Crippen molar-refractivity contribution in [3.05, 3.63) is 96.1 Å². The Hall–Kier alpha value is -3.38. The van der Waals surface area contributed by atoms with Crippen LogP contribution in [0.25, 0.3) is 0 Å². The highest BCUT2D eigenvalue weighted by Crippen LogP contribution is 2.42. The highest BCUT2D eigenvalue weighted by molar-refractivity contribution is 8.02. The van der Waals surface area contributed by atoms with Crippen molar-refractivity contribution in [1.82, 2.24) is 4.90 Å². The molecular weight excluding hydrogens is 408 g/mol. The number of thioether (sulfide) groups is 1. The van der Waals surface area contributed by atoms with E-state index < -0.39 is 22.6 Å². The smallest absolute Gasteiger partial charge is 0.272 e. The summed E-state index contributed by atoms with van der Waals surface area (Å²) in [6, 6.07) is 25.2. The molecule has 0 saturated carbocycles. The lowest BCUT2D eigenvalue weighted by Gasteiger charge is -2.42. The molecule has 1 fully saturated rings. The van der Waals surface area contributed by atoms with Crippen LogP contribution in [0.2, 0.25) is 0 Å². The summed E-state index contributed by atoms with van der Waals surface area (Å²) in [5, 5.41) is 0. The largest absolute Gasteiger partial charge is 0.337 e. The van der Waals surface area contributed by atoms with Crippen LogP contribution in [-0.2, 0) is 16.0 Å². The molecule has 1 unspecified atom stereocenters. The predicted octanol–water partition coefficient (Wildman–Crippen LogP) is 4.69. The van der Waals surface area contributed by atoms with E-state index in [1.807, 2.05) is 67.6 Å². The number of aryl methyl sites for hydroxylation is 1. The first-order valence-corrected chi connectivity index (χ1v) is 10.8. The summed E-state index contributed by atoms with van der Waals surface area (Å²) in [6.07, 6.45) is 0.172. The summed E-state index contributed by atoms with van der Waals surface area (Å²) in [5.41, 5.74) is 2.37. The Morgan fingerprint density at radius 3 is 1.97 bits per heavy atom. The van der Waals surface area contributed by atoms with Crippen molar-refractivity contribution in [2.75, 3.05) is 11.9 Å². The Labute approximate surface area is 185 Å². The third-order valence-electron chi connectivity index (χ3n) is 5.30. The van der Waals surface area contributed by atoms with E-state index in [2.05, 4.69) is 0 Å². The predicted molar refractivity (Wildman–Crippen MR) is 122 cm³/mol. The molecule has 1 heterocycles. The molecule has 4 rings (SSSR count). The molecule has 0 N–H and O–H groups in total. The van der Waals surface area contributed by atoms with Crippen LogP contribution < -0.4 is 4.90 Å². The molecule has 0 spiro atoms. The van der Waals surface area contributed by atoms with Gasteiger partial charge in [0, 0.05) is 18.4 Å². The zero-order valence-electron chi connectivity index (χ0n) is 17.3. The number of hydrogen-bond donors (Lipinski definition) is 0. The van der Waals surface area contributed by atoms with Gasteiger partial charge in [0.1, 0.15) is 0 Å². The van der Waals surface area contributed by atoms with Crippen LogP contribution in [0.15, 0.2) is 89.8 Å². The molecule has 3 aromatic carbocycles. The Morgan fingerprint density at radius 1 is 0.774 bits per heavy atom. The number of rotatable bonds is 5. The normalized spacial score (nSPS) is 19.1. The van der Waals surface area contributed by atoms with Crippen molar-refractivity contribution < 1.29 is 14.4 Å². The Balaban J connectivity index is 1.85. The van der Waals surface area contributed by atoms with Crippen LogP contribution in [-0.4, -0.2) is 34.5 Å². The van der Waals surface area contributed by atoms with Gasteiger partial charge in [-0.05, 0) is 36.8 Å². The van der Waals surface area contributed by atoms with Gasteiger partial charge in [0.2, 0.25) is 0 Å². The summed E-state index contributed by atoms with van der Waals surface area (Å²) < 4.78 is -1.50. The molecule has 0 bridgehead atoms. The minimum atomic E-state index is -1.50. The van der Waals surface area contributed by atoms with Gasteiger partial charge in [-0.1, -0.05) is 78.0 Å². The molecule has 1 atom stereocenters. The quantitative estimate of drug-likeness (QED) is 0.551. The second-order valence-corrected chi connectivity index (χ2v) is 8.90. The first-order chi connectivity index (χ1) is 14.9. The van der Waals surface area contributed by atoms with Gasteiger partial charge < -0.3 is 0 Å². The van der Waals surface area contributed by atoms with E-state index in [0.717, 1.165) is 25.8 Å². The summed E-state index contributed by atoms with van der Waals surface area (Å²) in [4.78, 5) is 43.4. The number of nitrogens with zero attached hydrogens (tertiary/aromatic N) is 2. The maximum atomic E-state index is 13.9.